The fourth-order valence-corrected chi connectivity index (χ4v) is 2.77. The Hall–Kier alpha value is -0.340. The molecule has 4 nitrogen and oxygen atoms in total. The first-order valence-corrected chi connectivity index (χ1v) is 9.78. The van der Waals surface area contributed by atoms with Gasteiger partial charge >= 0.3 is 5.51 Å². The lowest BCUT2D eigenvalue weighted by atomic mass is 10.1. The Kier molecular flexibility index (Phi) is 10.4. The fourth-order valence-electron chi connectivity index (χ4n) is 2.77. The van der Waals surface area contributed by atoms with Crippen LogP contribution < -0.4 is 0 Å². The smallest absolute Gasteiger partial charge is 0.485 e. The summed E-state index contributed by atoms with van der Waals surface area (Å²) in [5, 5.41) is 0. The molecule has 0 aromatic carbocycles. The molecule has 1 aliphatic rings. The first-order valence-electron chi connectivity index (χ1n) is 8.37. The van der Waals surface area contributed by atoms with E-state index in [1.807, 2.05) is 0 Å². The monoisotopic (exact) mass is 361 g/mol. The number of piperidine rings is 1. The molecule has 0 atom stereocenters. The quantitative estimate of drug-likeness (QED) is 0.298. The summed E-state index contributed by atoms with van der Waals surface area (Å²) in [4.78, 5) is 0. The maximum absolute atomic E-state index is 10.7. The Balaban J connectivity index is 0.000000515. The third-order valence-electron chi connectivity index (χ3n) is 4.23. The van der Waals surface area contributed by atoms with Crippen LogP contribution in [0.2, 0.25) is 0 Å². The van der Waals surface area contributed by atoms with Crippen LogP contribution in [0.5, 0.6) is 0 Å². The Morgan fingerprint density at radius 3 is 1.83 bits per heavy atom. The highest BCUT2D eigenvalue weighted by Crippen LogP contribution is 2.20. The van der Waals surface area contributed by atoms with Crippen molar-refractivity contribution >= 4 is 10.1 Å². The van der Waals surface area contributed by atoms with Gasteiger partial charge in [-0.2, -0.15) is 13.2 Å². The van der Waals surface area contributed by atoms with Crippen LogP contribution in [0.4, 0.5) is 13.2 Å². The van der Waals surface area contributed by atoms with Gasteiger partial charge in [0.1, 0.15) is 0 Å². The fraction of sp³-hybridized carbons (Fsp3) is 1.00. The highest BCUT2D eigenvalue weighted by atomic mass is 32.2. The van der Waals surface area contributed by atoms with Crippen molar-refractivity contribution in [1.82, 2.24) is 0 Å². The minimum Gasteiger partial charge on any atom is -0.741 e. The average molecular weight is 361 g/mol. The molecular weight excluding hydrogens is 331 g/mol. The second-order valence-electron chi connectivity index (χ2n) is 6.52. The molecule has 8 heteroatoms. The number of likely N-dealkylation sites (tertiary alicyclic amines) is 1. The molecule has 1 heterocycles. The predicted octanol–water partition coefficient (Wildman–Crippen LogP) is 4.03. The molecule has 0 aromatic heterocycles. The number of nitrogens with zero attached hydrogens (tertiary/aromatic N) is 1. The highest BCUT2D eigenvalue weighted by molar-refractivity contribution is 7.86. The van der Waals surface area contributed by atoms with E-state index in [9.17, 15) is 13.2 Å². The number of halogens is 3. The van der Waals surface area contributed by atoms with Crippen molar-refractivity contribution in [2.75, 3.05) is 26.7 Å². The van der Waals surface area contributed by atoms with E-state index in [0.29, 0.717) is 0 Å². The van der Waals surface area contributed by atoms with Gasteiger partial charge in [-0.1, -0.05) is 32.6 Å². The van der Waals surface area contributed by atoms with Crippen molar-refractivity contribution in [2.45, 2.75) is 70.2 Å². The molecule has 1 aliphatic heterocycles. The lowest BCUT2D eigenvalue weighted by Crippen LogP contribution is -2.48. The third kappa shape index (κ3) is 10.9. The standard InChI is InChI=1S/C14H30N.CHF3O3S/c1-3-4-5-6-7-9-12-15(2)13-10-8-11-14-15;2-1(3,4)8(5,6)7/h3-14H2,1-2H3;(H,5,6,7)/q+1;/p-1. The van der Waals surface area contributed by atoms with Gasteiger partial charge in [-0.25, -0.2) is 8.42 Å². The number of alkyl halides is 3. The van der Waals surface area contributed by atoms with E-state index in [0.717, 1.165) is 0 Å². The molecule has 1 fully saturated rings. The van der Waals surface area contributed by atoms with Crippen LogP contribution >= 0.6 is 0 Å². The molecular formula is C15H30F3NO3S. The average Bonchev–Trinajstić information content (AvgIpc) is 2.42. The minimum atomic E-state index is -6.09. The lowest BCUT2D eigenvalue weighted by Gasteiger charge is -2.37. The number of rotatable bonds is 7. The van der Waals surface area contributed by atoms with E-state index in [4.69, 9.17) is 13.0 Å². The Labute approximate surface area is 138 Å². The van der Waals surface area contributed by atoms with Gasteiger partial charge < -0.3 is 9.04 Å². The Morgan fingerprint density at radius 2 is 1.39 bits per heavy atom. The van der Waals surface area contributed by atoms with Crippen LogP contribution in [0, 0.1) is 0 Å². The van der Waals surface area contributed by atoms with E-state index in [1.54, 1.807) is 0 Å². The number of hydrogen-bond acceptors (Lipinski definition) is 3. The lowest BCUT2D eigenvalue weighted by molar-refractivity contribution is -0.914. The van der Waals surface area contributed by atoms with Crippen molar-refractivity contribution in [3.8, 4) is 0 Å². The molecule has 23 heavy (non-hydrogen) atoms. The zero-order valence-electron chi connectivity index (χ0n) is 14.2. The third-order valence-corrected chi connectivity index (χ3v) is 4.80. The molecule has 0 amide bonds. The predicted molar refractivity (Wildman–Crippen MR) is 83.8 cm³/mol. The van der Waals surface area contributed by atoms with Crippen LogP contribution in [-0.4, -0.2) is 49.6 Å². The molecule has 0 radical (unpaired) electrons. The highest BCUT2D eigenvalue weighted by Gasteiger charge is 2.36. The Morgan fingerprint density at radius 1 is 0.957 bits per heavy atom. The van der Waals surface area contributed by atoms with Crippen LogP contribution in [0.1, 0.15) is 64.7 Å². The molecule has 1 saturated heterocycles. The largest absolute Gasteiger partial charge is 0.741 e. The van der Waals surface area contributed by atoms with Crippen molar-refractivity contribution in [2.24, 2.45) is 0 Å². The second-order valence-corrected chi connectivity index (χ2v) is 7.89. The minimum absolute atomic E-state index is 1.37. The van der Waals surface area contributed by atoms with Crippen LogP contribution in [0.15, 0.2) is 0 Å². The molecule has 0 aromatic rings. The first-order chi connectivity index (χ1) is 10.5. The van der Waals surface area contributed by atoms with Gasteiger partial charge in [0.25, 0.3) is 0 Å². The van der Waals surface area contributed by atoms with Gasteiger partial charge in [-0.05, 0) is 32.1 Å². The molecule has 0 spiro atoms. The molecule has 0 N–H and O–H groups in total. The number of hydrogen-bond donors (Lipinski definition) is 0. The molecule has 0 saturated carbocycles. The van der Waals surface area contributed by atoms with Crippen LogP contribution in [-0.2, 0) is 10.1 Å². The maximum atomic E-state index is 10.7. The molecule has 140 valence electrons. The molecule has 0 bridgehead atoms. The van der Waals surface area contributed by atoms with Gasteiger partial charge in [-0.15, -0.1) is 0 Å². The second kappa shape index (κ2) is 10.5. The van der Waals surface area contributed by atoms with E-state index in [1.165, 1.54) is 81.9 Å². The van der Waals surface area contributed by atoms with E-state index in [-0.39, 0.29) is 0 Å². The van der Waals surface area contributed by atoms with Crippen molar-refractivity contribution in [3.05, 3.63) is 0 Å². The summed E-state index contributed by atoms with van der Waals surface area (Å²) in [6.07, 6.45) is 13.1. The summed E-state index contributed by atoms with van der Waals surface area (Å²) in [6, 6.07) is 0. The molecule has 0 aliphatic carbocycles. The van der Waals surface area contributed by atoms with Crippen molar-refractivity contribution in [3.63, 3.8) is 0 Å². The van der Waals surface area contributed by atoms with Crippen molar-refractivity contribution in [1.29, 1.82) is 0 Å². The van der Waals surface area contributed by atoms with E-state index >= 15 is 0 Å². The molecule has 0 unspecified atom stereocenters. The van der Waals surface area contributed by atoms with Gasteiger partial charge in [0.2, 0.25) is 0 Å². The summed E-state index contributed by atoms with van der Waals surface area (Å²) in [6.45, 7) is 6.61. The van der Waals surface area contributed by atoms with Gasteiger partial charge in [0.05, 0.1) is 26.7 Å². The SMILES string of the molecule is CCCCCCCC[N+]1(C)CCCCC1.O=S(=O)([O-])C(F)(F)F. The first kappa shape index (κ1) is 22.7. The zero-order valence-corrected chi connectivity index (χ0v) is 15.0. The summed E-state index contributed by atoms with van der Waals surface area (Å²) >= 11 is 0. The van der Waals surface area contributed by atoms with E-state index in [2.05, 4.69) is 14.0 Å². The topological polar surface area (TPSA) is 57.2 Å². The van der Waals surface area contributed by atoms with Crippen LogP contribution in [0.25, 0.3) is 0 Å². The zero-order chi connectivity index (χ0) is 18.0. The summed E-state index contributed by atoms with van der Waals surface area (Å²) in [5.41, 5.74) is -5.65. The van der Waals surface area contributed by atoms with E-state index < -0.39 is 15.6 Å². The van der Waals surface area contributed by atoms with Gasteiger partial charge in [0.15, 0.2) is 10.1 Å². The van der Waals surface area contributed by atoms with Gasteiger partial charge in [0, 0.05) is 0 Å². The number of unbranched alkanes of at least 4 members (excludes halogenated alkanes) is 5. The number of quaternary nitrogens is 1. The summed E-state index contributed by atoms with van der Waals surface area (Å²) in [5.74, 6) is 0. The summed E-state index contributed by atoms with van der Waals surface area (Å²) in [7, 11) is -3.63. The van der Waals surface area contributed by atoms with Gasteiger partial charge in [-0.3, -0.25) is 0 Å². The van der Waals surface area contributed by atoms with Crippen LogP contribution in [0.3, 0.4) is 0 Å². The maximum Gasteiger partial charge on any atom is 0.485 e. The normalized spacial score (nSPS) is 18.2. The summed E-state index contributed by atoms with van der Waals surface area (Å²) < 4.78 is 60.3. The van der Waals surface area contributed by atoms with Crippen molar-refractivity contribution < 1.29 is 30.6 Å². The molecule has 1 rings (SSSR count). The Bertz CT molecular complexity index is 405.